The molecule has 3 heterocycles. The van der Waals surface area contributed by atoms with Gasteiger partial charge in [0, 0.05) is 36.5 Å². The third kappa shape index (κ3) is 7.03. The first-order valence-electron chi connectivity index (χ1n) is 17.3. The fourth-order valence-corrected chi connectivity index (χ4v) is 8.32. The van der Waals surface area contributed by atoms with Gasteiger partial charge in [0.25, 0.3) is 15.9 Å². The Balaban J connectivity index is 1.29. The van der Waals surface area contributed by atoms with Gasteiger partial charge in [0.2, 0.25) is 17.8 Å². The lowest BCUT2D eigenvalue weighted by Gasteiger charge is -2.42. The Labute approximate surface area is 294 Å². The summed E-state index contributed by atoms with van der Waals surface area (Å²) >= 11 is 0. The third-order valence-corrected chi connectivity index (χ3v) is 11.5. The number of ether oxygens (including phenoxy) is 1. The zero-order valence-corrected chi connectivity index (χ0v) is 30.4. The van der Waals surface area contributed by atoms with Crippen LogP contribution in [0, 0.1) is 24.7 Å². The molecule has 7 rings (SSSR count). The normalized spacial score (nSPS) is 19.7. The minimum absolute atomic E-state index is 0.0710. The molecule has 2 aliphatic carbocycles. The molecule has 1 amide bonds. The molecule has 2 aromatic heterocycles. The maximum absolute atomic E-state index is 14.6. The maximum Gasteiger partial charge on any atom is 0.264 e. The first-order valence-corrected chi connectivity index (χ1v) is 18.7. The second kappa shape index (κ2) is 12.6. The summed E-state index contributed by atoms with van der Waals surface area (Å²) in [6.45, 7) is 10.6. The molecule has 50 heavy (non-hydrogen) atoms. The van der Waals surface area contributed by atoms with E-state index in [1.807, 2.05) is 45.2 Å². The van der Waals surface area contributed by atoms with Crippen molar-refractivity contribution >= 4 is 27.8 Å². The number of hydrogen-bond donors (Lipinski definition) is 1. The summed E-state index contributed by atoms with van der Waals surface area (Å²) in [5, 5.41) is 0. The van der Waals surface area contributed by atoms with E-state index in [2.05, 4.69) is 45.3 Å². The molecule has 0 unspecified atom stereocenters. The molecule has 1 aliphatic heterocycles. The molecule has 1 spiro atoms. The number of sulfonamides is 1. The minimum Gasteiger partial charge on any atom is -0.475 e. The van der Waals surface area contributed by atoms with Crippen LogP contribution in [0.25, 0.3) is 11.3 Å². The summed E-state index contributed by atoms with van der Waals surface area (Å²) in [7, 11) is -2.13. The second-order valence-corrected chi connectivity index (χ2v) is 17.2. The van der Waals surface area contributed by atoms with Crippen LogP contribution in [-0.2, 0) is 16.6 Å². The number of nitrogens with zero attached hydrogens (tertiary/aromatic N) is 6. The number of carbonyl (C=O) groups excluding carboxylic acids is 1. The van der Waals surface area contributed by atoms with Crippen molar-refractivity contribution in [2.24, 2.45) is 10.8 Å². The molecule has 1 atom stereocenters. The van der Waals surface area contributed by atoms with Gasteiger partial charge in [-0.05, 0) is 92.2 Å². The number of carbonyl (C=O) groups is 1. The first kappa shape index (κ1) is 33.9. The number of benzene rings is 2. The van der Waals surface area contributed by atoms with E-state index >= 15 is 0 Å². The number of hydrogen-bond acceptors (Lipinski definition) is 9. The topological polar surface area (TPSA) is 131 Å². The van der Waals surface area contributed by atoms with E-state index in [0.29, 0.717) is 35.2 Å². The molecule has 3 aliphatic rings. The van der Waals surface area contributed by atoms with Crippen LogP contribution >= 0.6 is 0 Å². The predicted octanol–water partition coefficient (Wildman–Crippen LogP) is 6.57. The standard InChI is InChI=1S/C38H45N7O4S/c1-24-9-7-10-25(2)33(24)31-18-32-42-35(41-31)43-50(47,48)30-12-8-11-26(17-30)34(46)45(29(23-49-32)19-37(3,4)5)22-27-13-16-39-36(40-27)44(6)28-20-38(21-28)14-15-38/h7-13,16-18,28-29H,14-15,19-23H2,1-6H3,(H,41,42,43)/t29-/m1/s1. The Morgan fingerprint density at radius 1 is 1.00 bits per heavy atom. The van der Waals surface area contributed by atoms with Crippen molar-refractivity contribution in [2.45, 2.75) is 90.2 Å². The van der Waals surface area contributed by atoms with Crippen molar-refractivity contribution < 1.29 is 17.9 Å². The average Bonchev–Trinajstić information content (AvgIpc) is 3.85. The van der Waals surface area contributed by atoms with E-state index < -0.39 is 16.1 Å². The van der Waals surface area contributed by atoms with E-state index in [9.17, 15) is 13.2 Å². The van der Waals surface area contributed by atoms with Gasteiger partial charge >= 0.3 is 0 Å². The summed E-state index contributed by atoms with van der Waals surface area (Å²) in [5.41, 5.74) is 4.65. The van der Waals surface area contributed by atoms with Crippen LogP contribution in [0.3, 0.4) is 0 Å². The van der Waals surface area contributed by atoms with Crippen LogP contribution in [0.4, 0.5) is 11.9 Å². The van der Waals surface area contributed by atoms with Crippen LogP contribution in [0.1, 0.15) is 80.1 Å². The minimum atomic E-state index is -4.17. The number of aromatic nitrogens is 4. The number of rotatable bonds is 6. The molecular weight excluding hydrogens is 651 g/mol. The van der Waals surface area contributed by atoms with E-state index in [-0.39, 0.29) is 46.8 Å². The Kier molecular flexibility index (Phi) is 8.56. The summed E-state index contributed by atoms with van der Waals surface area (Å²) < 4.78 is 36.4. The number of aryl methyl sites for hydroxylation is 2. The lowest BCUT2D eigenvalue weighted by atomic mass is 9.76. The summed E-state index contributed by atoms with van der Waals surface area (Å²) in [6.07, 6.45) is 7.30. The highest BCUT2D eigenvalue weighted by molar-refractivity contribution is 7.92. The molecule has 4 aromatic rings. The fraction of sp³-hybridized carbons (Fsp3) is 0.447. The van der Waals surface area contributed by atoms with Crippen LogP contribution < -0.4 is 14.4 Å². The van der Waals surface area contributed by atoms with E-state index in [1.165, 1.54) is 25.0 Å². The van der Waals surface area contributed by atoms with Crippen molar-refractivity contribution in [1.29, 1.82) is 0 Å². The van der Waals surface area contributed by atoms with Gasteiger partial charge in [-0.2, -0.15) is 4.98 Å². The Hall–Kier alpha value is -4.58. The number of nitrogens with one attached hydrogen (secondary N) is 1. The molecule has 11 nitrogen and oxygen atoms in total. The molecule has 0 radical (unpaired) electrons. The smallest absolute Gasteiger partial charge is 0.264 e. The Morgan fingerprint density at radius 3 is 2.42 bits per heavy atom. The van der Waals surface area contributed by atoms with Gasteiger partial charge < -0.3 is 14.5 Å². The SMILES string of the molecule is Cc1cccc(C)c1-c1cc2nc(n1)NS(=O)(=O)c1cccc(c1)C(=O)N(Cc1ccnc(N(C)C3CC4(CC4)C3)n1)[C@H](CC(C)(C)C)CO2. The zero-order chi connectivity index (χ0) is 35.4. The molecule has 262 valence electrons. The fourth-order valence-electron chi connectivity index (χ4n) is 7.33. The molecule has 4 bridgehead atoms. The summed E-state index contributed by atoms with van der Waals surface area (Å²) in [4.78, 5) is 37.1. The van der Waals surface area contributed by atoms with E-state index in [0.717, 1.165) is 29.5 Å². The van der Waals surface area contributed by atoms with Gasteiger partial charge in [0.15, 0.2) is 0 Å². The molecule has 2 fully saturated rings. The summed E-state index contributed by atoms with van der Waals surface area (Å²) in [6, 6.07) is 15.6. The highest BCUT2D eigenvalue weighted by Gasteiger charge is 2.54. The lowest BCUT2D eigenvalue weighted by molar-refractivity contribution is 0.0509. The highest BCUT2D eigenvalue weighted by atomic mass is 32.2. The van der Waals surface area contributed by atoms with Gasteiger partial charge in [-0.15, -0.1) is 0 Å². The van der Waals surface area contributed by atoms with Crippen LogP contribution in [0.15, 0.2) is 65.7 Å². The van der Waals surface area contributed by atoms with Gasteiger partial charge in [-0.3, -0.25) is 4.79 Å². The zero-order valence-electron chi connectivity index (χ0n) is 29.6. The number of amides is 1. The van der Waals surface area contributed by atoms with Crippen molar-refractivity contribution in [3.63, 3.8) is 0 Å². The summed E-state index contributed by atoms with van der Waals surface area (Å²) in [5.74, 6) is 0.400. The maximum atomic E-state index is 14.6. The van der Waals surface area contributed by atoms with Gasteiger partial charge in [-0.1, -0.05) is 45.0 Å². The van der Waals surface area contributed by atoms with Crippen LogP contribution in [0.5, 0.6) is 5.88 Å². The second-order valence-electron chi connectivity index (χ2n) is 15.5. The van der Waals surface area contributed by atoms with Gasteiger partial charge in [-0.25, -0.2) is 28.1 Å². The number of fused-ring (bicyclic) bond motifs is 4. The average molecular weight is 696 g/mol. The van der Waals surface area contributed by atoms with E-state index in [1.54, 1.807) is 29.3 Å². The molecule has 2 aromatic carbocycles. The molecule has 1 N–H and O–H groups in total. The van der Waals surface area contributed by atoms with Crippen molar-refractivity contribution in [2.75, 3.05) is 23.3 Å². The van der Waals surface area contributed by atoms with Crippen molar-refractivity contribution in [1.82, 2.24) is 24.8 Å². The largest absolute Gasteiger partial charge is 0.475 e. The monoisotopic (exact) mass is 695 g/mol. The van der Waals surface area contributed by atoms with Crippen molar-refractivity contribution in [3.8, 4) is 17.1 Å². The lowest BCUT2D eigenvalue weighted by Crippen LogP contribution is -2.46. The number of anilines is 2. The van der Waals surface area contributed by atoms with Gasteiger partial charge in [0.1, 0.15) is 6.61 Å². The third-order valence-electron chi connectivity index (χ3n) is 10.2. The van der Waals surface area contributed by atoms with Crippen LogP contribution in [-0.4, -0.2) is 64.9 Å². The first-order chi connectivity index (χ1) is 23.7. The van der Waals surface area contributed by atoms with Crippen molar-refractivity contribution in [3.05, 3.63) is 83.2 Å². The molecular formula is C38H45N7O4S. The molecule has 2 saturated carbocycles. The predicted molar refractivity (Wildman–Crippen MR) is 193 cm³/mol. The van der Waals surface area contributed by atoms with E-state index in [4.69, 9.17) is 9.72 Å². The van der Waals surface area contributed by atoms with Gasteiger partial charge in [0.05, 0.1) is 28.9 Å². The molecule has 0 saturated heterocycles. The molecule has 12 heteroatoms. The quantitative estimate of drug-likeness (QED) is 0.238. The van der Waals surface area contributed by atoms with Crippen LogP contribution in [0.2, 0.25) is 0 Å². The Bertz CT molecular complexity index is 2030. The highest BCUT2D eigenvalue weighted by Crippen LogP contribution is 2.61. The Morgan fingerprint density at radius 2 is 1.72 bits per heavy atom.